The van der Waals surface area contributed by atoms with Crippen LogP contribution in [-0.4, -0.2) is 13.1 Å². The predicted molar refractivity (Wildman–Crippen MR) is 58.4 cm³/mol. The van der Waals surface area contributed by atoms with Crippen molar-refractivity contribution in [1.29, 1.82) is 0 Å². The number of benzene rings is 1. The molecule has 1 aromatic rings. The molecule has 0 aliphatic rings. The average molecular weight is 208 g/mol. The van der Waals surface area contributed by atoms with Gasteiger partial charge in [-0.25, -0.2) is 0 Å². The number of carbonyl (C=O) groups excluding carboxylic acids is 1. The first-order valence-electron chi connectivity index (χ1n) is 4.91. The van der Waals surface area contributed by atoms with E-state index in [1.807, 2.05) is 6.07 Å². The van der Waals surface area contributed by atoms with Crippen LogP contribution in [0.25, 0.3) is 0 Å². The van der Waals surface area contributed by atoms with Crippen molar-refractivity contribution in [3.63, 3.8) is 0 Å². The highest BCUT2D eigenvalue weighted by atomic mass is 16.5. The summed E-state index contributed by atoms with van der Waals surface area (Å²) in [6, 6.07) is 5.43. The Balaban J connectivity index is 3.02. The number of hydrogen-bond acceptors (Lipinski definition) is 3. The van der Waals surface area contributed by atoms with E-state index in [2.05, 4.69) is 13.8 Å². The molecule has 0 aliphatic heterocycles. The second-order valence-electron chi connectivity index (χ2n) is 3.65. The van der Waals surface area contributed by atoms with Gasteiger partial charge in [-0.2, -0.15) is 0 Å². The Hall–Kier alpha value is -1.51. The van der Waals surface area contributed by atoms with Crippen molar-refractivity contribution in [2.75, 3.05) is 7.11 Å². The van der Waals surface area contributed by atoms with E-state index in [1.165, 1.54) is 6.92 Å². The zero-order valence-corrected chi connectivity index (χ0v) is 9.53. The van der Waals surface area contributed by atoms with Gasteiger partial charge >= 0.3 is 5.97 Å². The van der Waals surface area contributed by atoms with Gasteiger partial charge in [-0.15, -0.1) is 0 Å². The lowest BCUT2D eigenvalue weighted by molar-refractivity contribution is -0.131. The van der Waals surface area contributed by atoms with Gasteiger partial charge in [0.05, 0.1) is 7.11 Å². The molecule has 0 heterocycles. The summed E-state index contributed by atoms with van der Waals surface area (Å²) in [6.45, 7) is 5.55. The summed E-state index contributed by atoms with van der Waals surface area (Å²) < 4.78 is 10.2. The van der Waals surface area contributed by atoms with E-state index in [1.54, 1.807) is 19.2 Å². The molecule has 15 heavy (non-hydrogen) atoms. The van der Waals surface area contributed by atoms with Crippen molar-refractivity contribution in [2.45, 2.75) is 26.7 Å². The number of carbonyl (C=O) groups is 1. The Morgan fingerprint density at radius 2 is 2.00 bits per heavy atom. The Kier molecular flexibility index (Phi) is 3.72. The Labute approximate surface area is 90.0 Å². The number of ether oxygens (including phenoxy) is 2. The average Bonchev–Trinajstić information content (AvgIpc) is 2.16. The molecule has 0 aliphatic carbocycles. The molecule has 0 bridgehead atoms. The van der Waals surface area contributed by atoms with Gasteiger partial charge in [0, 0.05) is 13.0 Å². The highest BCUT2D eigenvalue weighted by molar-refractivity contribution is 5.69. The summed E-state index contributed by atoms with van der Waals surface area (Å²) in [5.74, 6) is 1.33. The molecule has 82 valence electrons. The van der Waals surface area contributed by atoms with Crippen LogP contribution in [0.15, 0.2) is 18.2 Å². The molecule has 1 aromatic carbocycles. The third-order valence-electron chi connectivity index (χ3n) is 2.09. The fraction of sp³-hybridized carbons (Fsp3) is 0.417. The fourth-order valence-electron chi connectivity index (χ4n) is 1.40. The summed E-state index contributed by atoms with van der Waals surface area (Å²) in [7, 11) is 1.61. The van der Waals surface area contributed by atoms with Crippen molar-refractivity contribution >= 4 is 5.97 Å². The lowest BCUT2D eigenvalue weighted by atomic mass is 10.0. The maximum Gasteiger partial charge on any atom is 0.308 e. The first-order chi connectivity index (χ1) is 7.04. The highest BCUT2D eigenvalue weighted by Gasteiger charge is 2.09. The van der Waals surface area contributed by atoms with E-state index in [4.69, 9.17) is 9.47 Å². The van der Waals surface area contributed by atoms with E-state index in [0.717, 1.165) is 11.3 Å². The SMILES string of the molecule is COc1cc(OC(C)=O)ccc1C(C)C. The minimum Gasteiger partial charge on any atom is -0.496 e. The van der Waals surface area contributed by atoms with Gasteiger partial charge in [0.25, 0.3) is 0 Å². The lowest BCUT2D eigenvalue weighted by Crippen LogP contribution is -2.02. The number of hydrogen-bond donors (Lipinski definition) is 0. The number of rotatable bonds is 3. The molecule has 0 amide bonds. The number of esters is 1. The minimum atomic E-state index is -0.325. The predicted octanol–water partition coefficient (Wildman–Crippen LogP) is 2.74. The Morgan fingerprint density at radius 1 is 1.33 bits per heavy atom. The standard InChI is InChI=1S/C12H16O3/c1-8(2)11-6-5-10(15-9(3)13)7-12(11)14-4/h5-8H,1-4H3. The van der Waals surface area contributed by atoms with Gasteiger partial charge in [0.15, 0.2) is 0 Å². The van der Waals surface area contributed by atoms with Crippen LogP contribution < -0.4 is 9.47 Å². The van der Waals surface area contributed by atoms with Gasteiger partial charge in [-0.1, -0.05) is 19.9 Å². The molecule has 0 saturated heterocycles. The maximum atomic E-state index is 10.8. The molecular formula is C12H16O3. The van der Waals surface area contributed by atoms with Gasteiger partial charge in [-0.3, -0.25) is 4.79 Å². The van der Waals surface area contributed by atoms with Crippen molar-refractivity contribution in [3.05, 3.63) is 23.8 Å². The molecule has 3 nitrogen and oxygen atoms in total. The van der Waals surface area contributed by atoms with Crippen molar-refractivity contribution in [1.82, 2.24) is 0 Å². The molecule has 0 N–H and O–H groups in total. The molecule has 0 fully saturated rings. The molecule has 0 atom stereocenters. The second-order valence-corrected chi connectivity index (χ2v) is 3.65. The molecule has 0 unspecified atom stereocenters. The topological polar surface area (TPSA) is 35.5 Å². The zero-order valence-electron chi connectivity index (χ0n) is 9.53. The van der Waals surface area contributed by atoms with Crippen LogP contribution in [0.2, 0.25) is 0 Å². The number of methoxy groups -OCH3 is 1. The zero-order chi connectivity index (χ0) is 11.4. The summed E-state index contributed by atoms with van der Waals surface area (Å²) in [5, 5.41) is 0. The molecule has 1 rings (SSSR count). The largest absolute Gasteiger partial charge is 0.496 e. The Morgan fingerprint density at radius 3 is 2.47 bits per heavy atom. The van der Waals surface area contributed by atoms with Crippen LogP contribution in [-0.2, 0) is 4.79 Å². The van der Waals surface area contributed by atoms with Gasteiger partial charge in [-0.05, 0) is 17.5 Å². The lowest BCUT2D eigenvalue weighted by Gasteiger charge is -2.12. The van der Waals surface area contributed by atoms with Crippen LogP contribution in [0.1, 0.15) is 32.3 Å². The fourth-order valence-corrected chi connectivity index (χ4v) is 1.40. The van der Waals surface area contributed by atoms with Crippen molar-refractivity contribution in [3.8, 4) is 11.5 Å². The molecule has 0 spiro atoms. The van der Waals surface area contributed by atoms with Gasteiger partial charge in [0.1, 0.15) is 11.5 Å². The smallest absolute Gasteiger partial charge is 0.308 e. The normalized spacial score (nSPS) is 10.2. The van der Waals surface area contributed by atoms with Crippen LogP contribution >= 0.6 is 0 Å². The minimum absolute atomic E-state index is 0.325. The molecule has 0 aromatic heterocycles. The van der Waals surface area contributed by atoms with Gasteiger partial charge in [0.2, 0.25) is 0 Å². The van der Waals surface area contributed by atoms with Crippen molar-refractivity contribution < 1.29 is 14.3 Å². The third kappa shape index (κ3) is 2.98. The van der Waals surface area contributed by atoms with Crippen LogP contribution in [0, 0.1) is 0 Å². The molecule has 0 saturated carbocycles. The van der Waals surface area contributed by atoms with E-state index in [0.29, 0.717) is 11.7 Å². The molecule has 0 radical (unpaired) electrons. The first-order valence-corrected chi connectivity index (χ1v) is 4.91. The third-order valence-corrected chi connectivity index (χ3v) is 2.09. The first kappa shape index (κ1) is 11.6. The van der Waals surface area contributed by atoms with Crippen LogP contribution in [0.5, 0.6) is 11.5 Å². The Bertz CT molecular complexity index is 356. The second kappa shape index (κ2) is 4.82. The van der Waals surface area contributed by atoms with E-state index in [9.17, 15) is 4.79 Å². The van der Waals surface area contributed by atoms with Crippen LogP contribution in [0.4, 0.5) is 0 Å². The maximum absolute atomic E-state index is 10.8. The van der Waals surface area contributed by atoms with E-state index >= 15 is 0 Å². The summed E-state index contributed by atoms with van der Waals surface area (Å²) in [5.41, 5.74) is 1.11. The van der Waals surface area contributed by atoms with Crippen LogP contribution in [0.3, 0.4) is 0 Å². The summed E-state index contributed by atoms with van der Waals surface area (Å²) in [6.07, 6.45) is 0. The molecule has 3 heteroatoms. The monoisotopic (exact) mass is 208 g/mol. The highest BCUT2D eigenvalue weighted by Crippen LogP contribution is 2.30. The van der Waals surface area contributed by atoms with E-state index in [-0.39, 0.29) is 5.97 Å². The summed E-state index contributed by atoms with van der Waals surface area (Å²) >= 11 is 0. The quantitative estimate of drug-likeness (QED) is 0.566. The molecular weight excluding hydrogens is 192 g/mol. The van der Waals surface area contributed by atoms with Crippen molar-refractivity contribution in [2.24, 2.45) is 0 Å². The van der Waals surface area contributed by atoms with Gasteiger partial charge < -0.3 is 9.47 Å². The summed E-state index contributed by atoms with van der Waals surface area (Å²) in [4.78, 5) is 10.8. The van der Waals surface area contributed by atoms with E-state index < -0.39 is 0 Å².